The van der Waals surface area contributed by atoms with Crippen LogP contribution in [0.15, 0.2) is 29.3 Å². The van der Waals surface area contributed by atoms with Crippen LogP contribution in [0.5, 0.6) is 0 Å². The van der Waals surface area contributed by atoms with E-state index in [2.05, 4.69) is 26.3 Å². The summed E-state index contributed by atoms with van der Waals surface area (Å²) in [6, 6.07) is 7.85. The highest BCUT2D eigenvalue weighted by Crippen LogP contribution is 2.31. The normalized spacial score (nSPS) is 16.6. The van der Waals surface area contributed by atoms with Crippen molar-refractivity contribution in [2.75, 3.05) is 32.0 Å². The Kier molecular flexibility index (Phi) is 7.25. The van der Waals surface area contributed by atoms with Crippen LogP contribution in [0.1, 0.15) is 37.7 Å². The predicted octanol–water partition coefficient (Wildman–Crippen LogP) is 1.19. The second kappa shape index (κ2) is 9.66. The molecule has 0 spiro atoms. The summed E-state index contributed by atoms with van der Waals surface area (Å²) in [5.41, 5.74) is 2.00. The number of para-hydroxylation sites is 1. The Bertz CT molecular complexity index is 630. The number of carbonyl (C=O) groups excluding carboxylic acids is 2. The van der Waals surface area contributed by atoms with Crippen LogP contribution in [0.4, 0.5) is 5.69 Å². The molecule has 0 saturated heterocycles. The summed E-state index contributed by atoms with van der Waals surface area (Å²) in [5, 5.41) is 12.1. The van der Waals surface area contributed by atoms with Crippen LogP contribution in [-0.2, 0) is 9.59 Å². The van der Waals surface area contributed by atoms with E-state index in [1.54, 1.807) is 7.05 Å². The number of aliphatic imine (C=N–C) groups is 1. The van der Waals surface area contributed by atoms with E-state index in [9.17, 15) is 9.59 Å². The summed E-state index contributed by atoms with van der Waals surface area (Å²) in [5.74, 6) is 0.784. The number of amides is 2. The summed E-state index contributed by atoms with van der Waals surface area (Å²) >= 11 is 0. The molecular formula is C18H27N5O2. The molecule has 0 radical (unpaired) electrons. The largest absolute Gasteiger partial charge is 0.356 e. The summed E-state index contributed by atoms with van der Waals surface area (Å²) in [7, 11) is 1.69. The van der Waals surface area contributed by atoms with Crippen LogP contribution in [-0.4, -0.2) is 44.5 Å². The van der Waals surface area contributed by atoms with Gasteiger partial charge in [-0.15, -0.1) is 0 Å². The molecule has 1 aromatic rings. The van der Waals surface area contributed by atoms with Crippen LogP contribution >= 0.6 is 0 Å². The number of guanidine groups is 1. The molecule has 0 aromatic heterocycles. The van der Waals surface area contributed by atoms with Crippen molar-refractivity contribution in [3.8, 4) is 0 Å². The molecule has 1 heterocycles. The Morgan fingerprint density at radius 1 is 1.24 bits per heavy atom. The molecule has 0 bridgehead atoms. The van der Waals surface area contributed by atoms with E-state index < -0.39 is 0 Å². The molecule has 0 saturated carbocycles. The number of nitrogens with one attached hydrogen (secondary N) is 4. The second-order valence-electron chi connectivity index (χ2n) is 6.02. The fourth-order valence-electron chi connectivity index (χ4n) is 2.77. The third-order valence-electron chi connectivity index (χ3n) is 4.06. The van der Waals surface area contributed by atoms with E-state index in [0.29, 0.717) is 38.4 Å². The molecule has 2 amide bonds. The third-order valence-corrected chi connectivity index (χ3v) is 4.06. The average molecular weight is 345 g/mol. The molecule has 1 aliphatic rings. The summed E-state index contributed by atoms with van der Waals surface area (Å²) in [4.78, 5) is 27.6. The molecular weight excluding hydrogens is 318 g/mol. The molecule has 1 aliphatic heterocycles. The fourth-order valence-corrected chi connectivity index (χ4v) is 2.77. The van der Waals surface area contributed by atoms with E-state index in [1.807, 2.05) is 31.2 Å². The van der Waals surface area contributed by atoms with E-state index >= 15 is 0 Å². The monoisotopic (exact) mass is 345 g/mol. The Balaban J connectivity index is 1.81. The average Bonchev–Trinajstić information content (AvgIpc) is 2.62. The van der Waals surface area contributed by atoms with Gasteiger partial charge in [0.05, 0.1) is 0 Å². The Hall–Kier alpha value is -2.57. The van der Waals surface area contributed by atoms with Crippen molar-refractivity contribution in [3.63, 3.8) is 0 Å². The van der Waals surface area contributed by atoms with Gasteiger partial charge in [0.1, 0.15) is 0 Å². The van der Waals surface area contributed by atoms with E-state index in [-0.39, 0.29) is 17.7 Å². The molecule has 25 heavy (non-hydrogen) atoms. The van der Waals surface area contributed by atoms with Crippen LogP contribution in [0, 0.1) is 0 Å². The van der Waals surface area contributed by atoms with Crippen molar-refractivity contribution in [2.45, 2.75) is 32.1 Å². The highest BCUT2D eigenvalue weighted by Gasteiger charge is 2.24. The maximum absolute atomic E-state index is 11.9. The van der Waals surface area contributed by atoms with Gasteiger partial charge in [0.15, 0.2) is 5.96 Å². The Morgan fingerprint density at radius 3 is 2.80 bits per heavy atom. The molecule has 0 aliphatic carbocycles. The first-order valence-corrected chi connectivity index (χ1v) is 8.74. The quantitative estimate of drug-likeness (QED) is 0.441. The smallest absolute Gasteiger partial charge is 0.225 e. The van der Waals surface area contributed by atoms with Crippen molar-refractivity contribution in [1.29, 1.82) is 0 Å². The van der Waals surface area contributed by atoms with Gasteiger partial charge in [0, 0.05) is 51.1 Å². The van der Waals surface area contributed by atoms with Gasteiger partial charge in [-0.05, 0) is 18.1 Å². The highest BCUT2D eigenvalue weighted by atomic mass is 16.2. The molecule has 1 unspecified atom stereocenters. The van der Waals surface area contributed by atoms with Gasteiger partial charge in [-0.2, -0.15) is 0 Å². The molecule has 7 heteroatoms. The van der Waals surface area contributed by atoms with Crippen LogP contribution in [0.25, 0.3) is 0 Å². The lowest BCUT2D eigenvalue weighted by Gasteiger charge is -2.26. The molecule has 0 fully saturated rings. The molecule has 4 N–H and O–H groups in total. The third kappa shape index (κ3) is 5.77. The number of rotatable bonds is 7. The Morgan fingerprint density at radius 2 is 2.04 bits per heavy atom. The number of carbonyl (C=O) groups is 2. The predicted molar refractivity (Wildman–Crippen MR) is 99.7 cm³/mol. The van der Waals surface area contributed by atoms with E-state index in [0.717, 1.165) is 17.7 Å². The van der Waals surface area contributed by atoms with Crippen molar-refractivity contribution < 1.29 is 9.59 Å². The van der Waals surface area contributed by atoms with Crippen LogP contribution < -0.4 is 21.3 Å². The summed E-state index contributed by atoms with van der Waals surface area (Å²) in [6.45, 7) is 3.84. The van der Waals surface area contributed by atoms with Gasteiger partial charge in [-0.3, -0.25) is 14.6 Å². The molecule has 136 valence electrons. The van der Waals surface area contributed by atoms with Gasteiger partial charge in [0.2, 0.25) is 11.8 Å². The number of benzene rings is 1. The van der Waals surface area contributed by atoms with Crippen molar-refractivity contribution in [1.82, 2.24) is 16.0 Å². The van der Waals surface area contributed by atoms with Gasteiger partial charge in [-0.1, -0.05) is 25.1 Å². The zero-order valence-electron chi connectivity index (χ0n) is 14.9. The van der Waals surface area contributed by atoms with Crippen LogP contribution in [0.3, 0.4) is 0 Å². The molecule has 1 aromatic carbocycles. The minimum atomic E-state index is 0.0287. The first-order valence-electron chi connectivity index (χ1n) is 8.74. The number of nitrogens with zero attached hydrogens (tertiary/aromatic N) is 1. The first-order chi connectivity index (χ1) is 12.1. The topological polar surface area (TPSA) is 94.6 Å². The highest BCUT2D eigenvalue weighted by molar-refractivity contribution is 5.94. The first kappa shape index (κ1) is 18.8. The molecule has 2 rings (SSSR count). The lowest BCUT2D eigenvalue weighted by molar-refractivity contribution is -0.121. The van der Waals surface area contributed by atoms with Crippen molar-refractivity contribution in [3.05, 3.63) is 29.8 Å². The summed E-state index contributed by atoms with van der Waals surface area (Å²) < 4.78 is 0. The Labute approximate surface area is 148 Å². The standard InChI is InChI=1S/C18H27N5O2/c1-3-9-20-16(24)8-10-21-18(19-2)22-12-13-11-17(25)23-15-7-5-4-6-14(13)15/h4-7,13H,3,8-12H2,1-2H3,(H,20,24)(H,23,25)(H2,19,21,22). The summed E-state index contributed by atoms with van der Waals surface area (Å²) in [6.07, 6.45) is 1.77. The van der Waals surface area contributed by atoms with Gasteiger partial charge >= 0.3 is 0 Å². The number of hydrogen-bond donors (Lipinski definition) is 4. The minimum absolute atomic E-state index is 0.0287. The van der Waals surface area contributed by atoms with E-state index in [4.69, 9.17) is 0 Å². The number of hydrogen-bond acceptors (Lipinski definition) is 3. The SMILES string of the molecule is CCCNC(=O)CCNC(=NC)NCC1CC(=O)Nc2ccccc21. The number of anilines is 1. The molecule has 7 nitrogen and oxygen atoms in total. The van der Waals surface area contributed by atoms with E-state index in [1.165, 1.54) is 0 Å². The fraction of sp³-hybridized carbons (Fsp3) is 0.500. The zero-order valence-corrected chi connectivity index (χ0v) is 14.9. The lowest BCUT2D eigenvalue weighted by atomic mass is 9.90. The van der Waals surface area contributed by atoms with Gasteiger partial charge in [-0.25, -0.2) is 0 Å². The minimum Gasteiger partial charge on any atom is -0.356 e. The molecule has 1 atom stereocenters. The van der Waals surface area contributed by atoms with Gasteiger partial charge < -0.3 is 21.3 Å². The lowest BCUT2D eigenvalue weighted by Crippen LogP contribution is -2.42. The maximum atomic E-state index is 11.9. The van der Waals surface area contributed by atoms with Gasteiger partial charge in [0.25, 0.3) is 0 Å². The maximum Gasteiger partial charge on any atom is 0.225 e. The van der Waals surface area contributed by atoms with Crippen molar-refractivity contribution >= 4 is 23.5 Å². The zero-order chi connectivity index (χ0) is 18.1. The second-order valence-corrected chi connectivity index (χ2v) is 6.02. The van der Waals surface area contributed by atoms with Crippen LogP contribution in [0.2, 0.25) is 0 Å². The number of fused-ring (bicyclic) bond motifs is 1. The van der Waals surface area contributed by atoms with Crippen molar-refractivity contribution in [2.24, 2.45) is 4.99 Å².